The summed E-state index contributed by atoms with van der Waals surface area (Å²) in [6.07, 6.45) is 8.03. The van der Waals surface area contributed by atoms with Crippen LogP contribution in [-0.2, 0) is 0 Å². The molecule has 0 bridgehead atoms. The number of rotatable bonds is 7. The smallest absolute Gasteiger partial charge is 0.186 e. The van der Waals surface area contributed by atoms with Crippen LogP contribution in [0.4, 0.5) is 5.13 Å². The average Bonchev–Trinajstić information content (AvgIpc) is 2.88. The third-order valence-electron chi connectivity index (χ3n) is 4.52. The molecule has 0 spiro atoms. The normalized spacial score (nSPS) is 17.9. The Morgan fingerprint density at radius 3 is 2.62 bits per heavy atom. The predicted octanol–water partition coefficient (Wildman–Crippen LogP) is 4.67. The molecule has 1 atom stereocenters. The average molecular weight is 310 g/mol. The van der Waals surface area contributed by atoms with E-state index >= 15 is 0 Å². The number of anilines is 1. The van der Waals surface area contributed by atoms with Crippen LogP contribution < -0.4 is 10.2 Å². The number of nitrogens with one attached hydrogen (secondary N) is 1. The summed E-state index contributed by atoms with van der Waals surface area (Å²) in [5, 5.41) is 4.83. The number of thiazole rings is 1. The highest BCUT2D eigenvalue weighted by Gasteiger charge is 2.24. The van der Waals surface area contributed by atoms with Crippen LogP contribution >= 0.6 is 11.3 Å². The van der Waals surface area contributed by atoms with Crippen LogP contribution in [0.15, 0.2) is 0 Å². The molecule has 1 saturated carbocycles. The fourth-order valence-electron chi connectivity index (χ4n) is 3.31. The summed E-state index contributed by atoms with van der Waals surface area (Å²) >= 11 is 1.90. The van der Waals surface area contributed by atoms with Gasteiger partial charge in [0.05, 0.1) is 5.69 Å². The Morgan fingerprint density at radius 1 is 1.29 bits per heavy atom. The highest BCUT2D eigenvalue weighted by Crippen LogP contribution is 2.34. The van der Waals surface area contributed by atoms with Gasteiger partial charge in [-0.1, -0.05) is 26.2 Å². The molecule has 1 aromatic heterocycles. The number of hydrogen-bond acceptors (Lipinski definition) is 4. The molecule has 1 heterocycles. The van der Waals surface area contributed by atoms with Gasteiger partial charge in [-0.05, 0) is 46.6 Å². The fraction of sp³-hybridized carbons (Fsp3) is 0.824. The molecule has 3 nitrogen and oxygen atoms in total. The van der Waals surface area contributed by atoms with Gasteiger partial charge in [0.2, 0.25) is 0 Å². The molecular weight excluding hydrogens is 278 g/mol. The zero-order chi connectivity index (χ0) is 15.2. The van der Waals surface area contributed by atoms with Gasteiger partial charge in [-0.25, -0.2) is 4.98 Å². The molecule has 0 radical (unpaired) electrons. The highest BCUT2D eigenvalue weighted by molar-refractivity contribution is 7.15. The van der Waals surface area contributed by atoms with Gasteiger partial charge < -0.3 is 10.2 Å². The Labute approximate surface area is 134 Å². The molecule has 1 aliphatic carbocycles. The zero-order valence-corrected chi connectivity index (χ0v) is 14.9. The van der Waals surface area contributed by atoms with Gasteiger partial charge in [0.15, 0.2) is 5.13 Å². The monoisotopic (exact) mass is 309 g/mol. The second-order valence-corrected chi connectivity index (χ2v) is 7.21. The molecule has 0 aliphatic heterocycles. The van der Waals surface area contributed by atoms with Crippen LogP contribution in [0.5, 0.6) is 0 Å². The molecule has 21 heavy (non-hydrogen) atoms. The molecule has 1 aliphatic rings. The third kappa shape index (κ3) is 4.19. The number of hydrogen-bond donors (Lipinski definition) is 1. The van der Waals surface area contributed by atoms with Gasteiger partial charge in [0, 0.05) is 23.5 Å². The molecule has 4 heteroatoms. The summed E-state index contributed by atoms with van der Waals surface area (Å²) < 4.78 is 0. The van der Waals surface area contributed by atoms with E-state index in [0.29, 0.717) is 12.1 Å². The highest BCUT2D eigenvalue weighted by atomic mass is 32.1. The zero-order valence-electron chi connectivity index (χ0n) is 14.1. The van der Waals surface area contributed by atoms with Crippen LogP contribution in [0.3, 0.4) is 0 Å². The first kappa shape index (κ1) is 16.8. The number of nitrogens with zero attached hydrogens (tertiary/aromatic N) is 2. The molecule has 1 unspecified atom stereocenters. The number of aromatic nitrogens is 1. The second kappa shape index (κ2) is 8.14. The van der Waals surface area contributed by atoms with Crippen molar-refractivity contribution < 1.29 is 0 Å². The minimum Gasteiger partial charge on any atom is -0.345 e. The molecule has 0 amide bonds. The van der Waals surface area contributed by atoms with Crippen molar-refractivity contribution in [3.63, 3.8) is 0 Å². The molecule has 120 valence electrons. The molecule has 1 aromatic rings. The van der Waals surface area contributed by atoms with Crippen LogP contribution in [-0.4, -0.2) is 24.1 Å². The van der Waals surface area contributed by atoms with Crippen molar-refractivity contribution in [2.45, 2.75) is 78.3 Å². The van der Waals surface area contributed by atoms with E-state index in [1.807, 2.05) is 11.3 Å². The molecule has 0 aromatic carbocycles. The second-order valence-electron chi connectivity index (χ2n) is 6.20. The van der Waals surface area contributed by atoms with E-state index in [4.69, 9.17) is 4.98 Å². The maximum absolute atomic E-state index is 4.89. The minimum atomic E-state index is 0.418. The first-order chi connectivity index (χ1) is 10.2. The quantitative estimate of drug-likeness (QED) is 0.793. The molecule has 1 fully saturated rings. The van der Waals surface area contributed by atoms with Gasteiger partial charge in [-0.15, -0.1) is 11.3 Å². The summed E-state index contributed by atoms with van der Waals surface area (Å²) in [6, 6.07) is 1.13. The van der Waals surface area contributed by atoms with Crippen molar-refractivity contribution >= 4 is 16.5 Å². The lowest BCUT2D eigenvalue weighted by molar-refractivity contribution is 0.418. The first-order valence-electron chi connectivity index (χ1n) is 8.64. The first-order valence-corrected chi connectivity index (χ1v) is 9.46. The summed E-state index contributed by atoms with van der Waals surface area (Å²) in [5.41, 5.74) is 1.21. The van der Waals surface area contributed by atoms with Crippen LogP contribution in [0.2, 0.25) is 0 Å². The lowest BCUT2D eigenvalue weighted by Crippen LogP contribution is -2.36. The van der Waals surface area contributed by atoms with Crippen LogP contribution in [0.1, 0.15) is 75.9 Å². The van der Waals surface area contributed by atoms with E-state index in [1.165, 1.54) is 54.2 Å². The van der Waals surface area contributed by atoms with E-state index in [-0.39, 0.29) is 0 Å². The van der Waals surface area contributed by atoms with Crippen molar-refractivity contribution in [2.75, 3.05) is 18.0 Å². The lowest BCUT2D eigenvalue weighted by atomic mass is 9.94. The van der Waals surface area contributed by atoms with Gasteiger partial charge in [-0.2, -0.15) is 0 Å². The van der Waals surface area contributed by atoms with E-state index in [1.54, 1.807) is 0 Å². The summed E-state index contributed by atoms with van der Waals surface area (Å²) in [7, 11) is 0. The molecule has 0 saturated heterocycles. The Kier molecular flexibility index (Phi) is 6.49. The van der Waals surface area contributed by atoms with Gasteiger partial charge >= 0.3 is 0 Å². The lowest BCUT2D eigenvalue weighted by Gasteiger charge is -2.33. The van der Waals surface area contributed by atoms with E-state index in [0.717, 1.165) is 13.1 Å². The van der Waals surface area contributed by atoms with E-state index in [2.05, 4.69) is 37.9 Å². The Hall–Kier alpha value is -0.610. The van der Waals surface area contributed by atoms with E-state index in [9.17, 15) is 0 Å². The third-order valence-corrected chi connectivity index (χ3v) is 5.89. The van der Waals surface area contributed by atoms with Crippen molar-refractivity contribution in [3.05, 3.63) is 10.6 Å². The Bertz CT molecular complexity index is 424. The maximum Gasteiger partial charge on any atom is 0.186 e. The summed E-state index contributed by atoms with van der Waals surface area (Å²) in [5.74, 6) is 0. The van der Waals surface area contributed by atoms with Crippen LogP contribution in [0, 0.1) is 6.92 Å². The Balaban J connectivity index is 2.11. The SMILES string of the molecule is CCCNC(C)c1sc(N(CC)C2CCCCC2)nc1C. The minimum absolute atomic E-state index is 0.418. The maximum atomic E-state index is 4.89. The summed E-state index contributed by atoms with van der Waals surface area (Å²) in [6.45, 7) is 11.1. The van der Waals surface area contributed by atoms with Gasteiger partial charge in [-0.3, -0.25) is 0 Å². The van der Waals surface area contributed by atoms with Crippen molar-refractivity contribution in [1.82, 2.24) is 10.3 Å². The van der Waals surface area contributed by atoms with E-state index < -0.39 is 0 Å². The topological polar surface area (TPSA) is 28.2 Å². The van der Waals surface area contributed by atoms with Crippen molar-refractivity contribution in [2.24, 2.45) is 0 Å². The molecular formula is C17H31N3S. The number of aryl methyl sites for hydroxylation is 1. The summed E-state index contributed by atoms with van der Waals surface area (Å²) in [4.78, 5) is 8.85. The Morgan fingerprint density at radius 2 is 2.00 bits per heavy atom. The molecule has 2 rings (SSSR count). The van der Waals surface area contributed by atoms with Crippen LogP contribution in [0.25, 0.3) is 0 Å². The predicted molar refractivity (Wildman–Crippen MR) is 93.5 cm³/mol. The van der Waals surface area contributed by atoms with Gasteiger partial charge in [0.1, 0.15) is 0 Å². The fourth-order valence-corrected chi connectivity index (χ4v) is 4.54. The van der Waals surface area contributed by atoms with Crippen molar-refractivity contribution in [3.8, 4) is 0 Å². The molecule has 1 N–H and O–H groups in total. The largest absolute Gasteiger partial charge is 0.345 e. The van der Waals surface area contributed by atoms with Crippen molar-refractivity contribution in [1.29, 1.82) is 0 Å². The standard InChI is InChI=1S/C17H31N3S/c1-5-12-18-13(3)16-14(4)19-17(21-16)20(6-2)15-10-8-7-9-11-15/h13,15,18H,5-12H2,1-4H3. The van der Waals surface area contributed by atoms with Gasteiger partial charge in [0.25, 0.3) is 0 Å².